The van der Waals surface area contributed by atoms with E-state index in [1.807, 2.05) is 0 Å². The van der Waals surface area contributed by atoms with Gasteiger partial charge in [-0.2, -0.15) is 0 Å². The summed E-state index contributed by atoms with van der Waals surface area (Å²) >= 11 is 0. The second kappa shape index (κ2) is 6.72. The molecule has 19 heavy (non-hydrogen) atoms. The zero-order chi connectivity index (χ0) is 13.7. The van der Waals surface area contributed by atoms with Gasteiger partial charge in [-0.15, -0.1) is 0 Å². The van der Waals surface area contributed by atoms with Gasteiger partial charge in [0.1, 0.15) is 0 Å². The summed E-state index contributed by atoms with van der Waals surface area (Å²) < 4.78 is 5.35. The van der Waals surface area contributed by atoms with Gasteiger partial charge in [-0.1, -0.05) is 0 Å². The van der Waals surface area contributed by atoms with Crippen molar-refractivity contribution in [1.29, 1.82) is 0 Å². The van der Waals surface area contributed by atoms with E-state index in [-0.39, 0.29) is 18.5 Å². The van der Waals surface area contributed by atoms with E-state index in [0.717, 1.165) is 25.9 Å². The molecule has 1 atom stereocenters. The quantitative estimate of drug-likeness (QED) is 0.651. The summed E-state index contributed by atoms with van der Waals surface area (Å²) in [5.41, 5.74) is 0. The van der Waals surface area contributed by atoms with E-state index in [4.69, 9.17) is 9.84 Å². The molecule has 1 unspecified atom stereocenters. The van der Waals surface area contributed by atoms with Crippen LogP contribution in [0.4, 0.5) is 4.79 Å². The van der Waals surface area contributed by atoms with Crippen molar-refractivity contribution in [3.63, 3.8) is 0 Å². The summed E-state index contributed by atoms with van der Waals surface area (Å²) in [6, 6.07) is 0.111. The molecule has 3 N–H and O–H groups in total. The van der Waals surface area contributed by atoms with Crippen LogP contribution >= 0.6 is 0 Å². The van der Waals surface area contributed by atoms with Gasteiger partial charge in [0.15, 0.2) is 0 Å². The van der Waals surface area contributed by atoms with E-state index >= 15 is 0 Å². The fourth-order valence-corrected chi connectivity index (χ4v) is 2.45. The summed E-state index contributed by atoms with van der Waals surface area (Å²) in [6.07, 6.45) is 1.42. The molecule has 2 rings (SSSR count). The first-order chi connectivity index (χ1) is 9.15. The third kappa shape index (κ3) is 4.36. The summed E-state index contributed by atoms with van der Waals surface area (Å²) in [5.74, 6) is -0.898. The summed E-state index contributed by atoms with van der Waals surface area (Å²) in [4.78, 5) is 24.4. The van der Waals surface area contributed by atoms with Gasteiger partial charge in [-0.3, -0.25) is 4.79 Å². The van der Waals surface area contributed by atoms with E-state index in [1.165, 1.54) is 0 Å². The Hall–Kier alpha value is -1.34. The standard InChI is InChI=1S/C12H21N3O4/c16-11(17)7-10-8-15(5-6-19-10)12(18)14-9-1-3-13-4-2-9/h9-10,13H,1-8H2,(H,14,18)(H,16,17). The van der Waals surface area contributed by atoms with E-state index in [9.17, 15) is 9.59 Å². The van der Waals surface area contributed by atoms with Gasteiger partial charge in [-0.05, 0) is 25.9 Å². The number of carboxylic acid groups (broad SMARTS) is 1. The predicted octanol–water partition coefficient (Wildman–Crippen LogP) is -0.376. The van der Waals surface area contributed by atoms with Crippen LogP contribution in [0.25, 0.3) is 0 Å². The lowest BCUT2D eigenvalue weighted by Gasteiger charge is -2.34. The lowest BCUT2D eigenvalue weighted by molar-refractivity contribution is -0.141. The lowest BCUT2D eigenvalue weighted by atomic mass is 10.1. The molecule has 0 radical (unpaired) electrons. The Morgan fingerprint density at radius 1 is 1.37 bits per heavy atom. The van der Waals surface area contributed by atoms with Crippen LogP contribution in [-0.4, -0.2) is 66.9 Å². The molecule has 0 aromatic heterocycles. The first-order valence-corrected chi connectivity index (χ1v) is 6.74. The third-order valence-electron chi connectivity index (χ3n) is 3.50. The highest BCUT2D eigenvalue weighted by Gasteiger charge is 2.27. The number of nitrogens with zero attached hydrogens (tertiary/aromatic N) is 1. The van der Waals surface area contributed by atoms with Crippen LogP contribution in [0.15, 0.2) is 0 Å². The minimum atomic E-state index is -0.898. The third-order valence-corrected chi connectivity index (χ3v) is 3.50. The number of rotatable bonds is 3. The average Bonchev–Trinajstić information content (AvgIpc) is 2.39. The lowest BCUT2D eigenvalue weighted by Crippen LogP contribution is -2.53. The molecule has 0 aromatic carbocycles. The van der Waals surface area contributed by atoms with Gasteiger partial charge in [0.2, 0.25) is 0 Å². The largest absolute Gasteiger partial charge is 0.481 e. The Labute approximate surface area is 112 Å². The van der Waals surface area contributed by atoms with Crippen LogP contribution in [-0.2, 0) is 9.53 Å². The maximum Gasteiger partial charge on any atom is 0.317 e. The molecule has 2 fully saturated rings. The number of carbonyl (C=O) groups is 2. The van der Waals surface area contributed by atoms with Crippen LogP contribution in [0, 0.1) is 0 Å². The number of carbonyl (C=O) groups excluding carboxylic acids is 1. The molecule has 0 bridgehead atoms. The molecular formula is C12H21N3O4. The smallest absolute Gasteiger partial charge is 0.317 e. The summed E-state index contributed by atoms with van der Waals surface area (Å²) in [5, 5.41) is 15.0. The number of urea groups is 1. The van der Waals surface area contributed by atoms with Crippen LogP contribution in [0.2, 0.25) is 0 Å². The molecule has 7 heteroatoms. The first-order valence-electron chi connectivity index (χ1n) is 6.74. The molecule has 2 saturated heterocycles. The highest BCUT2D eigenvalue weighted by molar-refractivity contribution is 5.75. The number of aliphatic carboxylic acids is 1. The molecule has 0 aliphatic carbocycles. The Balaban J connectivity index is 1.79. The number of nitrogens with one attached hydrogen (secondary N) is 2. The van der Waals surface area contributed by atoms with Crippen molar-refractivity contribution in [2.45, 2.75) is 31.4 Å². The second-order valence-corrected chi connectivity index (χ2v) is 5.01. The van der Waals surface area contributed by atoms with Crippen molar-refractivity contribution < 1.29 is 19.4 Å². The molecule has 7 nitrogen and oxygen atoms in total. The van der Waals surface area contributed by atoms with E-state index < -0.39 is 12.1 Å². The van der Waals surface area contributed by atoms with Gasteiger partial charge >= 0.3 is 12.0 Å². The Kier molecular flexibility index (Phi) is 4.98. The van der Waals surface area contributed by atoms with Gasteiger partial charge < -0.3 is 25.4 Å². The van der Waals surface area contributed by atoms with Crippen molar-refractivity contribution in [3.05, 3.63) is 0 Å². The molecule has 2 heterocycles. The molecule has 0 spiro atoms. The topological polar surface area (TPSA) is 90.9 Å². The second-order valence-electron chi connectivity index (χ2n) is 5.01. The zero-order valence-electron chi connectivity index (χ0n) is 10.9. The van der Waals surface area contributed by atoms with Crippen LogP contribution in [0.5, 0.6) is 0 Å². The molecule has 2 aliphatic rings. The van der Waals surface area contributed by atoms with Crippen LogP contribution in [0.3, 0.4) is 0 Å². The molecule has 0 aromatic rings. The van der Waals surface area contributed by atoms with E-state index in [2.05, 4.69) is 10.6 Å². The first kappa shape index (κ1) is 14.1. The highest BCUT2D eigenvalue weighted by atomic mass is 16.5. The zero-order valence-corrected chi connectivity index (χ0v) is 10.9. The molecule has 2 aliphatic heterocycles. The monoisotopic (exact) mass is 271 g/mol. The van der Waals surface area contributed by atoms with Crippen molar-refractivity contribution in [3.8, 4) is 0 Å². The minimum absolute atomic E-state index is 0.0584. The molecule has 2 amide bonds. The molecule has 108 valence electrons. The number of piperidine rings is 1. The number of hydrogen-bond donors (Lipinski definition) is 3. The summed E-state index contributed by atoms with van der Waals surface area (Å²) in [7, 11) is 0. The van der Waals surface area contributed by atoms with Crippen molar-refractivity contribution in [1.82, 2.24) is 15.5 Å². The number of ether oxygens (including phenoxy) is 1. The number of hydrogen-bond acceptors (Lipinski definition) is 4. The summed E-state index contributed by atoms with van der Waals surface area (Å²) in [6.45, 7) is 3.12. The average molecular weight is 271 g/mol. The van der Waals surface area contributed by atoms with Crippen molar-refractivity contribution >= 4 is 12.0 Å². The normalized spacial score (nSPS) is 25.1. The Morgan fingerprint density at radius 3 is 2.79 bits per heavy atom. The van der Waals surface area contributed by atoms with Crippen LogP contribution in [0.1, 0.15) is 19.3 Å². The number of amides is 2. The van der Waals surface area contributed by atoms with Crippen LogP contribution < -0.4 is 10.6 Å². The van der Waals surface area contributed by atoms with E-state index in [1.54, 1.807) is 4.90 Å². The predicted molar refractivity (Wildman–Crippen MR) is 68.0 cm³/mol. The minimum Gasteiger partial charge on any atom is -0.481 e. The van der Waals surface area contributed by atoms with Crippen molar-refractivity contribution in [2.75, 3.05) is 32.8 Å². The fourth-order valence-electron chi connectivity index (χ4n) is 2.45. The van der Waals surface area contributed by atoms with E-state index in [0.29, 0.717) is 19.7 Å². The Bertz CT molecular complexity index is 331. The highest BCUT2D eigenvalue weighted by Crippen LogP contribution is 2.10. The van der Waals surface area contributed by atoms with Gasteiger partial charge in [0.25, 0.3) is 0 Å². The van der Waals surface area contributed by atoms with Crippen molar-refractivity contribution in [2.24, 2.45) is 0 Å². The van der Waals surface area contributed by atoms with Gasteiger partial charge in [0.05, 0.1) is 19.1 Å². The fraction of sp³-hybridized carbons (Fsp3) is 0.833. The maximum absolute atomic E-state index is 12.1. The number of morpholine rings is 1. The van der Waals surface area contributed by atoms with Gasteiger partial charge in [-0.25, -0.2) is 4.79 Å². The van der Waals surface area contributed by atoms with Gasteiger partial charge in [0, 0.05) is 19.1 Å². The Morgan fingerprint density at radius 2 is 2.11 bits per heavy atom. The molecule has 0 saturated carbocycles. The maximum atomic E-state index is 12.1. The number of carboxylic acids is 1. The SMILES string of the molecule is O=C(O)CC1CN(C(=O)NC2CCNCC2)CCO1. The molecular weight excluding hydrogens is 250 g/mol.